The Morgan fingerprint density at radius 2 is 1.91 bits per heavy atom. The molecule has 1 atom stereocenters. The maximum absolute atomic E-state index is 13.2. The van der Waals surface area contributed by atoms with Crippen molar-refractivity contribution in [3.05, 3.63) is 52.6 Å². The van der Waals surface area contributed by atoms with Gasteiger partial charge in [0.2, 0.25) is 0 Å². The quantitative estimate of drug-likeness (QED) is 0.369. The molecule has 33 heavy (non-hydrogen) atoms. The summed E-state index contributed by atoms with van der Waals surface area (Å²) in [6.07, 6.45) is 2.11. The SMILES string of the molecule is COc1ccc(OC)c(C2C(=C(O)c3cnc(C)nc3C)C(=O)C(=O)N2CCCN(C)C)c1. The molecule has 9 heteroatoms. The molecule has 1 saturated heterocycles. The lowest BCUT2D eigenvalue weighted by molar-refractivity contribution is -0.140. The third-order valence-corrected chi connectivity index (χ3v) is 5.63. The first kappa shape index (κ1) is 24.2. The van der Waals surface area contributed by atoms with Crippen LogP contribution in [0.2, 0.25) is 0 Å². The number of carbonyl (C=O) groups excluding carboxylic acids is 2. The van der Waals surface area contributed by atoms with Crippen molar-refractivity contribution in [2.75, 3.05) is 41.4 Å². The molecule has 1 fully saturated rings. The minimum atomic E-state index is -0.849. The van der Waals surface area contributed by atoms with Crippen LogP contribution in [-0.4, -0.2) is 78.0 Å². The second-order valence-corrected chi connectivity index (χ2v) is 8.17. The molecule has 176 valence electrons. The first-order chi connectivity index (χ1) is 15.7. The van der Waals surface area contributed by atoms with E-state index in [1.165, 1.54) is 25.3 Å². The van der Waals surface area contributed by atoms with Gasteiger partial charge in [-0.1, -0.05) is 0 Å². The lowest BCUT2D eigenvalue weighted by Gasteiger charge is -2.27. The summed E-state index contributed by atoms with van der Waals surface area (Å²) in [7, 11) is 6.93. The molecule has 1 amide bonds. The monoisotopic (exact) mass is 454 g/mol. The molecule has 0 aliphatic carbocycles. The Hall–Kier alpha value is -3.46. The molecule has 1 N–H and O–H groups in total. The molecule has 2 heterocycles. The van der Waals surface area contributed by atoms with Crippen molar-refractivity contribution >= 4 is 17.4 Å². The molecular weight excluding hydrogens is 424 g/mol. The number of carbonyl (C=O) groups is 2. The number of aliphatic hydroxyl groups excluding tert-OH is 1. The zero-order chi connectivity index (χ0) is 24.3. The summed E-state index contributed by atoms with van der Waals surface area (Å²) < 4.78 is 10.9. The molecule has 3 rings (SSSR count). The Kier molecular flexibility index (Phi) is 7.33. The van der Waals surface area contributed by atoms with E-state index in [2.05, 4.69) is 9.97 Å². The number of rotatable bonds is 8. The van der Waals surface area contributed by atoms with Crippen molar-refractivity contribution in [3.63, 3.8) is 0 Å². The second kappa shape index (κ2) is 9.99. The fraction of sp³-hybridized carbons (Fsp3) is 0.417. The van der Waals surface area contributed by atoms with Gasteiger partial charge in [0.1, 0.15) is 23.1 Å². The summed E-state index contributed by atoms with van der Waals surface area (Å²) in [5.41, 5.74) is 1.34. The van der Waals surface area contributed by atoms with Crippen molar-refractivity contribution in [2.24, 2.45) is 0 Å². The number of aryl methyl sites for hydroxylation is 2. The number of ketones is 1. The summed E-state index contributed by atoms with van der Waals surface area (Å²) in [4.78, 5) is 38.3. The molecule has 0 spiro atoms. The Balaban J connectivity index is 2.22. The summed E-state index contributed by atoms with van der Waals surface area (Å²) >= 11 is 0. The van der Waals surface area contributed by atoms with Crippen LogP contribution in [-0.2, 0) is 9.59 Å². The summed E-state index contributed by atoms with van der Waals surface area (Å²) in [5, 5.41) is 11.3. The smallest absolute Gasteiger partial charge is 0.295 e. The van der Waals surface area contributed by atoms with E-state index in [1.54, 1.807) is 32.0 Å². The van der Waals surface area contributed by atoms with Gasteiger partial charge in [-0.05, 0) is 59.1 Å². The number of ether oxygens (including phenoxy) is 2. The third-order valence-electron chi connectivity index (χ3n) is 5.63. The normalized spacial score (nSPS) is 17.7. The minimum absolute atomic E-state index is 0.0213. The average Bonchev–Trinajstić information content (AvgIpc) is 3.02. The van der Waals surface area contributed by atoms with Crippen LogP contribution in [0.4, 0.5) is 0 Å². The van der Waals surface area contributed by atoms with E-state index < -0.39 is 17.7 Å². The number of methoxy groups -OCH3 is 2. The number of benzene rings is 1. The van der Waals surface area contributed by atoms with Crippen LogP contribution in [0.15, 0.2) is 30.0 Å². The van der Waals surface area contributed by atoms with Crippen LogP contribution in [0.5, 0.6) is 11.5 Å². The van der Waals surface area contributed by atoms with Gasteiger partial charge in [-0.2, -0.15) is 0 Å². The summed E-state index contributed by atoms with van der Waals surface area (Å²) in [6.45, 7) is 4.52. The predicted molar refractivity (Wildman–Crippen MR) is 123 cm³/mol. The highest BCUT2D eigenvalue weighted by atomic mass is 16.5. The zero-order valence-electron chi connectivity index (χ0n) is 19.9. The van der Waals surface area contributed by atoms with Crippen molar-refractivity contribution in [1.82, 2.24) is 19.8 Å². The summed E-state index contributed by atoms with van der Waals surface area (Å²) in [6, 6.07) is 4.32. The van der Waals surface area contributed by atoms with Crippen LogP contribution in [0.25, 0.3) is 5.76 Å². The minimum Gasteiger partial charge on any atom is -0.507 e. The average molecular weight is 455 g/mol. The third kappa shape index (κ3) is 4.83. The van der Waals surface area contributed by atoms with Gasteiger partial charge >= 0.3 is 0 Å². The number of hydrogen-bond acceptors (Lipinski definition) is 8. The van der Waals surface area contributed by atoms with Gasteiger partial charge in [0, 0.05) is 18.3 Å². The van der Waals surface area contributed by atoms with Gasteiger partial charge in [0.05, 0.1) is 37.1 Å². The van der Waals surface area contributed by atoms with Gasteiger partial charge in [-0.25, -0.2) is 9.97 Å². The number of hydrogen-bond donors (Lipinski definition) is 1. The van der Waals surface area contributed by atoms with Crippen molar-refractivity contribution in [1.29, 1.82) is 0 Å². The first-order valence-corrected chi connectivity index (χ1v) is 10.6. The molecule has 1 aromatic heterocycles. The molecule has 2 aromatic rings. The lowest BCUT2D eigenvalue weighted by Crippen LogP contribution is -2.32. The number of likely N-dealkylation sites (tertiary alicyclic amines) is 1. The van der Waals surface area contributed by atoms with Gasteiger partial charge in [-0.15, -0.1) is 0 Å². The van der Waals surface area contributed by atoms with E-state index in [1.807, 2.05) is 19.0 Å². The van der Waals surface area contributed by atoms with E-state index in [9.17, 15) is 14.7 Å². The Morgan fingerprint density at radius 3 is 2.52 bits per heavy atom. The van der Waals surface area contributed by atoms with Gasteiger partial charge in [0.15, 0.2) is 0 Å². The van der Waals surface area contributed by atoms with Gasteiger partial charge in [-0.3, -0.25) is 9.59 Å². The fourth-order valence-corrected chi connectivity index (χ4v) is 4.01. The molecule has 1 aromatic carbocycles. The van der Waals surface area contributed by atoms with Crippen LogP contribution >= 0.6 is 0 Å². The largest absolute Gasteiger partial charge is 0.507 e. The highest BCUT2D eigenvalue weighted by molar-refractivity contribution is 6.46. The Bertz CT molecular complexity index is 1100. The zero-order valence-corrected chi connectivity index (χ0v) is 19.9. The number of Topliss-reactive ketones (excluding diaryl/α,β-unsaturated/α-hetero) is 1. The van der Waals surface area contributed by atoms with Crippen LogP contribution in [0.1, 0.15) is 35.1 Å². The first-order valence-electron chi connectivity index (χ1n) is 10.6. The highest BCUT2D eigenvalue weighted by Gasteiger charge is 2.47. The second-order valence-electron chi connectivity index (χ2n) is 8.17. The molecule has 0 bridgehead atoms. The number of nitrogens with zero attached hydrogens (tertiary/aromatic N) is 4. The maximum Gasteiger partial charge on any atom is 0.295 e. The molecular formula is C24H30N4O5. The van der Waals surface area contributed by atoms with Gasteiger partial charge < -0.3 is 24.4 Å². The molecule has 1 unspecified atom stereocenters. The maximum atomic E-state index is 13.2. The Labute approximate surface area is 193 Å². The van der Waals surface area contributed by atoms with E-state index in [-0.39, 0.29) is 11.3 Å². The number of aromatic nitrogens is 2. The molecule has 0 radical (unpaired) electrons. The molecule has 9 nitrogen and oxygen atoms in total. The molecule has 1 aliphatic rings. The van der Waals surface area contributed by atoms with E-state index >= 15 is 0 Å². The van der Waals surface area contributed by atoms with E-state index in [4.69, 9.17) is 9.47 Å². The van der Waals surface area contributed by atoms with Crippen molar-refractivity contribution in [3.8, 4) is 11.5 Å². The Morgan fingerprint density at radius 1 is 1.18 bits per heavy atom. The topological polar surface area (TPSA) is 105 Å². The van der Waals surface area contributed by atoms with E-state index in [0.717, 1.165) is 6.54 Å². The molecule has 1 aliphatic heterocycles. The molecule has 0 saturated carbocycles. The lowest BCUT2D eigenvalue weighted by atomic mass is 9.94. The fourth-order valence-electron chi connectivity index (χ4n) is 4.01. The highest BCUT2D eigenvalue weighted by Crippen LogP contribution is 2.44. The van der Waals surface area contributed by atoms with E-state index in [0.29, 0.717) is 47.1 Å². The summed E-state index contributed by atoms with van der Waals surface area (Å²) in [5.74, 6) is -0.180. The van der Waals surface area contributed by atoms with Crippen LogP contribution in [0.3, 0.4) is 0 Å². The van der Waals surface area contributed by atoms with Gasteiger partial charge in [0.25, 0.3) is 11.7 Å². The van der Waals surface area contributed by atoms with Crippen molar-refractivity contribution < 1.29 is 24.2 Å². The van der Waals surface area contributed by atoms with Crippen molar-refractivity contribution in [2.45, 2.75) is 26.3 Å². The number of amides is 1. The predicted octanol–water partition coefficient (Wildman–Crippen LogP) is 2.48. The number of aliphatic hydroxyl groups is 1. The standard InChI is InChI=1S/C24H30N4O5/c1-14-18(13-25-15(2)26-14)22(29)20-21(17-12-16(32-5)8-9-19(17)33-6)28(24(31)23(20)30)11-7-10-27(3)4/h8-9,12-13,21,29H,7,10-11H2,1-6H3. The van der Waals surface area contributed by atoms with Crippen LogP contribution < -0.4 is 9.47 Å². The van der Waals surface area contributed by atoms with Crippen LogP contribution in [0, 0.1) is 13.8 Å².